The van der Waals surface area contributed by atoms with E-state index < -0.39 is 11.0 Å². The van der Waals surface area contributed by atoms with Gasteiger partial charge in [-0.2, -0.15) is 0 Å². The van der Waals surface area contributed by atoms with Crippen LogP contribution in [-0.4, -0.2) is 22.0 Å². The number of methoxy groups -OCH3 is 1. The summed E-state index contributed by atoms with van der Waals surface area (Å²) in [5.74, 6) is 0.146. The van der Waals surface area contributed by atoms with Gasteiger partial charge in [-0.15, -0.1) is 0 Å². The van der Waals surface area contributed by atoms with Crippen LogP contribution in [0.2, 0.25) is 0 Å². The van der Waals surface area contributed by atoms with Crippen LogP contribution < -0.4 is 4.72 Å². The van der Waals surface area contributed by atoms with Gasteiger partial charge in [0.05, 0.1) is 28.4 Å². The number of carbonyl (C=O) groups is 1. The Morgan fingerprint density at radius 3 is 2.57 bits per heavy atom. The minimum absolute atomic E-state index is 0.0228. The predicted molar refractivity (Wildman–Crippen MR) is 84.3 cm³/mol. The van der Waals surface area contributed by atoms with Crippen LogP contribution in [0.4, 0.5) is 0 Å². The van der Waals surface area contributed by atoms with E-state index in [0.717, 1.165) is 18.4 Å². The zero-order valence-electron chi connectivity index (χ0n) is 13.0. The third-order valence-corrected chi connectivity index (χ3v) is 5.13. The molecular weight excluding hydrogens is 286 g/mol. The average Bonchev–Trinajstić information content (AvgIpc) is 3.27. The molecule has 1 aliphatic rings. The number of nitrogens with one attached hydrogen (secondary N) is 1. The lowest BCUT2D eigenvalue weighted by molar-refractivity contribution is 0.0600. The van der Waals surface area contributed by atoms with E-state index in [1.54, 1.807) is 6.07 Å². The van der Waals surface area contributed by atoms with Crippen molar-refractivity contribution in [3.8, 4) is 0 Å². The van der Waals surface area contributed by atoms with E-state index in [2.05, 4.69) is 4.72 Å². The van der Waals surface area contributed by atoms with Crippen LogP contribution in [0.25, 0.3) is 0 Å². The second kappa shape index (κ2) is 6.28. The summed E-state index contributed by atoms with van der Waals surface area (Å²) in [6.07, 6.45) is 2.25. The maximum Gasteiger partial charge on any atom is 0.337 e. The van der Waals surface area contributed by atoms with Crippen LogP contribution in [0.1, 0.15) is 55.6 Å². The van der Waals surface area contributed by atoms with Crippen LogP contribution in [0.5, 0.6) is 0 Å². The molecular formula is C16H23NO3S. The molecule has 0 aliphatic heterocycles. The SMILES string of the molecule is COC(=O)c1cccc([C@@H](N[S@@](=O)C(C)(C)C)C2CC2)c1. The third-order valence-electron chi connectivity index (χ3n) is 3.55. The number of benzene rings is 1. The van der Waals surface area contributed by atoms with Gasteiger partial charge in [-0.3, -0.25) is 0 Å². The van der Waals surface area contributed by atoms with Gasteiger partial charge < -0.3 is 4.74 Å². The number of esters is 1. The number of rotatable bonds is 5. The molecule has 1 saturated carbocycles. The van der Waals surface area contributed by atoms with Crippen molar-refractivity contribution in [2.45, 2.75) is 44.4 Å². The monoisotopic (exact) mass is 309 g/mol. The number of hydrogen-bond acceptors (Lipinski definition) is 3. The average molecular weight is 309 g/mol. The van der Waals surface area contributed by atoms with Gasteiger partial charge in [0.25, 0.3) is 0 Å². The summed E-state index contributed by atoms with van der Waals surface area (Å²) < 4.78 is 20.1. The lowest BCUT2D eigenvalue weighted by Crippen LogP contribution is -2.36. The van der Waals surface area contributed by atoms with Gasteiger partial charge in [-0.25, -0.2) is 13.7 Å². The molecule has 1 aliphatic carbocycles. The fourth-order valence-electron chi connectivity index (χ4n) is 2.14. The predicted octanol–water partition coefficient (Wildman–Crippen LogP) is 2.98. The van der Waals surface area contributed by atoms with Gasteiger partial charge in [-0.05, 0) is 57.2 Å². The second-order valence-electron chi connectivity index (χ2n) is 6.43. The third kappa shape index (κ3) is 4.14. The molecule has 0 amide bonds. The molecule has 1 aromatic carbocycles. The normalized spacial score (nSPS) is 18.1. The van der Waals surface area contributed by atoms with E-state index in [-0.39, 0.29) is 16.8 Å². The Morgan fingerprint density at radius 1 is 1.38 bits per heavy atom. The Labute approximate surface area is 128 Å². The van der Waals surface area contributed by atoms with Gasteiger partial charge in [-0.1, -0.05) is 12.1 Å². The summed E-state index contributed by atoms with van der Waals surface area (Å²) in [5.41, 5.74) is 1.53. The number of carbonyl (C=O) groups excluding carboxylic acids is 1. The summed E-state index contributed by atoms with van der Waals surface area (Å²) in [5, 5.41) is 0. The van der Waals surface area contributed by atoms with Crippen LogP contribution in [0.3, 0.4) is 0 Å². The van der Waals surface area contributed by atoms with E-state index in [1.165, 1.54) is 7.11 Å². The van der Waals surface area contributed by atoms with E-state index >= 15 is 0 Å². The molecule has 0 radical (unpaired) electrons. The van der Waals surface area contributed by atoms with Crippen LogP contribution in [-0.2, 0) is 15.7 Å². The Bertz CT molecular complexity index is 547. The molecule has 0 heterocycles. The molecule has 1 N–H and O–H groups in total. The summed E-state index contributed by atoms with van der Waals surface area (Å²) in [4.78, 5) is 11.7. The summed E-state index contributed by atoms with van der Waals surface area (Å²) in [6, 6.07) is 7.41. The molecule has 4 nitrogen and oxygen atoms in total. The van der Waals surface area contributed by atoms with Crippen molar-refractivity contribution in [1.82, 2.24) is 4.72 Å². The highest BCUT2D eigenvalue weighted by Gasteiger charge is 2.35. The first-order valence-corrected chi connectivity index (χ1v) is 8.34. The lowest BCUT2D eigenvalue weighted by atomic mass is 10.0. The molecule has 21 heavy (non-hydrogen) atoms. The molecule has 2 rings (SSSR count). The fourth-order valence-corrected chi connectivity index (χ4v) is 3.05. The smallest absolute Gasteiger partial charge is 0.337 e. The van der Waals surface area contributed by atoms with Crippen LogP contribution in [0, 0.1) is 5.92 Å². The standard InChI is InChI=1S/C16H23NO3S/c1-16(2,3)21(19)17-14(11-8-9-11)12-6-5-7-13(10-12)15(18)20-4/h5-7,10-11,14,17H,8-9H2,1-4H3/t14-,21-/m0/s1. The van der Waals surface area contributed by atoms with Gasteiger partial charge in [0.15, 0.2) is 0 Å². The summed E-state index contributed by atoms with van der Waals surface area (Å²) in [6.45, 7) is 5.85. The molecule has 0 bridgehead atoms. The van der Waals surface area contributed by atoms with E-state index in [4.69, 9.17) is 4.74 Å². The highest BCUT2D eigenvalue weighted by molar-refractivity contribution is 7.84. The topological polar surface area (TPSA) is 55.4 Å². The van der Waals surface area contributed by atoms with E-state index in [0.29, 0.717) is 11.5 Å². The van der Waals surface area contributed by atoms with Crippen molar-refractivity contribution < 1.29 is 13.7 Å². The van der Waals surface area contributed by atoms with Crippen molar-refractivity contribution in [2.75, 3.05) is 7.11 Å². The van der Waals surface area contributed by atoms with Crippen molar-refractivity contribution in [3.63, 3.8) is 0 Å². The maximum absolute atomic E-state index is 12.4. The number of ether oxygens (including phenoxy) is 1. The van der Waals surface area contributed by atoms with Gasteiger partial charge in [0, 0.05) is 6.04 Å². The zero-order valence-corrected chi connectivity index (χ0v) is 13.8. The first-order valence-electron chi connectivity index (χ1n) is 7.19. The molecule has 0 spiro atoms. The molecule has 2 atom stereocenters. The first-order chi connectivity index (χ1) is 9.82. The molecule has 116 valence electrons. The van der Waals surface area contributed by atoms with Gasteiger partial charge in [0.1, 0.15) is 0 Å². The van der Waals surface area contributed by atoms with Crippen molar-refractivity contribution >= 4 is 17.0 Å². The molecule has 0 saturated heterocycles. The summed E-state index contributed by atoms with van der Waals surface area (Å²) in [7, 11) is 0.242. The fraction of sp³-hybridized carbons (Fsp3) is 0.562. The van der Waals surface area contributed by atoms with Crippen LogP contribution >= 0.6 is 0 Å². The Morgan fingerprint density at radius 2 is 2.05 bits per heavy atom. The second-order valence-corrected chi connectivity index (χ2v) is 8.43. The quantitative estimate of drug-likeness (QED) is 0.851. The first kappa shape index (κ1) is 16.2. The highest BCUT2D eigenvalue weighted by Crippen LogP contribution is 2.41. The van der Waals surface area contributed by atoms with Crippen LogP contribution in [0.15, 0.2) is 24.3 Å². The minimum Gasteiger partial charge on any atom is -0.465 e. The van der Waals surface area contributed by atoms with E-state index in [1.807, 2.05) is 39.0 Å². The van der Waals surface area contributed by atoms with Gasteiger partial charge >= 0.3 is 5.97 Å². The molecule has 1 fully saturated rings. The molecule has 0 unspecified atom stereocenters. The minimum atomic E-state index is -1.13. The van der Waals surface area contributed by atoms with Crippen molar-refractivity contribution in [2.24, 2.45) is 5.92 Å². The Kier molecular flexibility index (Phi) is 4.84. The molecule has 5 heteroatoms. The molecule has 1 aromatic rings. The van der Waals surface area contributed by atoms with E-state index in [9.17, 15) is 9.00 Å². The lowest BCUT2D eigenvalue weighted by Gasteiger charge is -2.24. The highest BCUT2D eigenvalue weighted by atomic mass is 32.2. The summed E-state index contributed by atoms with van der Waals surface area (Å²) >= 11 is 0. The number of hydrogen-bond donors (Lipinski definition) is 1. The van der Waals surface area contributed by atoms with Crippen molar-refractivity contribution in [3.05, 3.63) is 35.4 Å². The van der Waals surface area contributed by atoms with Gasteiger partial charge in [0.2, 0.25) is 0 Å². The largest absolute Gasteiger partial charge is 0.465 e. The molecule has 0 aromatic heterocycles. The zero-order chi connectivity index (χ0) is 15.6. The van der Waals surface area contributed by atoms with Crippen molar-refractivity contribution in [1.29, 1.82) is 0 Å². The Balaban J connectivity index is 2.23. The maximum atomic E-state index is 12.4. The Hall–Kier alpha value is -1.20.